The van der Waals surface area contributed by atoms with Gasteiger partial charge >= 0.3 is 0 Å². The van der Waals surface area contributed by atoms with Gasteiger partial charge in [0.25, 0.3) is 0 Å². The molecule has 3 nitrogen and oxygen atoms in total. The Bertz CT molecular complexity index is 271. The zero-order chi connectivity index (χ0) is 11.8. The minimum Gasteiger partial charge on any atom is -0.379 e. The van der Waals surface area contributed by atoms with Crippen molar-refractivity contribution in [3.8, 4) is 0 Å². The molecule has 3 fully saturated rings. The van der Waals surface area contributed by atoms with E-state index in [1.54, 1.807) is 0 Å². The van der Waals surface area contributed by atoms with Crippen molar-refractivity contribution < 1.29 is 4.74 Å². The van der Waals surface area contributed by atoms with Gasteiger partial charge in [-0.25, -0.2) is 0 Å². The maximum atomic E-state index is 6.04. The lowest BCUT2D eigenvalue weighted by molar-refractivity contribution is 0.161. The van der Waals surface area contributed by atoms with Gasteiger partial charge in [-0.15, -0.1) is 0 Å². The van der Waals surface area contributed by atoms with Gasteiger partial charge < -0.3 is 15.4 Å². The topological polar surface area (TPSA) is 38.5 Å². The summed E-state index contributed by atoms with van der Waals surface area (Å²) in [6.45, 7) is 4.02. The highest BCUT2D eigenvalue weighted by Crippen LogP contribution is 2.48. The van der Waals surface area contributed by atoms with Crippen LogP contribution in [0.25, 0.3) is 0 Å². The SMILES string of the molecule is CN(CC1COCC1N)CC1CC2CCC1C2. The van der Waals surface area contributed by atoms with Crippen LogP contribution in [-0.2, 0) is 4.74 Å². The van der Waals surface area contributed by atoms with Crippen LogP contribution in [0.5, 0.6) is 0 Å². The summed E-state index contributed by atoms with van der Waals surface area (Å²) >= 11 is 0. The predicted molar refractivity (Wildman–Crippen MR) is 68.7 cm³/mol. The van der Waals surface area contributed by atoms with Crippen LogP contribution in [0.2, 0.25) is 0 Å². The minimum absolute atomic E-state index is 0.262. The summed E-state index contributed by atoms with van der Waals surface area (Å²) in [5.74, 6) is 3.63. The van der Waals surface area contributed by atoms with Crippen LogP contribution >= 0.6 is 0 Å². The second kappa shape index (κ2) is 4.87. The molecule has 1 aliphatic heterocycles. The smallest absolute Gasteiger partial charge is 0.0621 e. The highest BCUT2D eigenvalue weighted by molar-refractivity contribution is 4.91. The molecule has 3 rings (SSSR count). The Kier molecular flexibility index (Phi) is 3.42. The highest BCUT2D eigenvalue weighted by atomic mass is 16.5. The zero-order valence-electron chi connectivity index (χ0n) is 11.0. The first-order chi connectivity index (χ1) is 8.22. The lowest BCUT2D eigenvalue weighted by Crippen LogP contribution is -2.39. The van der Waals surface area contributed by atoms with E-state index in [-0.39, 0.29) is 6.04 Å². The first-order valence-corrected chi connectivity index (χ1v) is 7.24. The van der Waals surface area contributed by atoms with E-state index in [1.165, 1.54) is 32.2 Å². The van der Waals surface area contributed by atoms with E-state index in [1.807, 2.05) is 0 Å². The molecule has 0 aromatic carbocycles. The van der Waals surface area contributed by atoms with Crippen molar-refractivity contribution in [2.75, 3.05) is 33.4 Å². The van der Waals surface area contributed by atoms with Crippen molar-refractivity contribution in [2.24, 2.45) is 29.4 Å². The first-order valence-electron chi connectivity index (χ1n) is 7.24. The summed E-state index contributed by atoms with van der Waals surface area (Å²) in [7, 11) is 2.26. The van der Waals surface area contributed by atoms with Crippen LogP contribution in [0.4, 0.5) is 0 Å². The second-order valence-electron chi connectivity index (χ2n) is 6.62. The van der Waals surface area contributed by atoms with Crippen molar-refractivity contribution in [2.45, 2.75) is 31.7 Å². The van der Waals surface area contributed by atoms with Gasteiger partial charge in [-0.3, -0.25) is 0 Å². The molecule has 0 radical (unpaired) electrons. The van der Waals surface area contributed by atoms with Gasteiger partial charge in [0.05, 0.1) is 13.2 Å². The standard InChI is InChI=1S/C14H26N2O/c1-16(7-13-8-17-9-14(13)15)6-12-5-10-2-3-11(12)4-10/h10-14H,2-9,15H2,1H3. The summed E-state index contributed by atoms with van der Waals surface area (Å²) in [5, 5.41) is 0. The lowest BCUT2D eigenvalue weighted by Gasteiger charge is -2.29. The first kappa shape index (κ1) is 11.9. The fourth-order valence-corrected chi connectivity index (χ4v) is 4.28. The summed E-state index contributed by atoms with van der Waals surface area (Å²) < 4.78 is 5.44. The monoisotopic (exact) mass is 238 g/mol. The van der Waals surface area contributed by atoms with E-state index in [2.05, 4.69) is 11.9 Å². The fourth-order valence-electron chi connectivity index (χ4n) is 4.28. The number of hydrogen-bond donors (Lipinski definition) is 1. The van der Waals surface area contributed by atoms with E-state index in [0.717, 1.165) is 37.5 Å². The molecule has 3 aliphatic rings. The largest absolute Gasteiger partial charge is 0.379 e. The van der Waals surface area contributed by atoms with E-state index in [0.29, 0.717) is 5.92 Å². The second-order valence-corrected chi connectivity index (χ2v) is 6.62. The molecule has 2 aliphatic carbocycles. The third-order valence-electron chi connectivity index (χ3n) is 5.22. The average Bonchev–Trinajstić information content (AvgIpc) is 2.96. The van der Waals surface area contributed by atoms with Gasteiger partial charge in [0.1, 0.15) is 0 Å². The lowest BCUT2D eigenvalue weighted by atomic mass is 9.88. The molecule has 1 heterocycles. The molecule has 2 saturated carbocycles. The molecule has 0 amide bonds. The molecule has 2 bridgehead atoms. The van der Waals surface area contributed by atoms with Crippen LogP contribution in [0.15, 0.2) is 0 Å². The normalized spacial score (nSPS) is 45.0. The highest BCUT2D eigenvalue weighted by Gasteiger charge is 2.39. The minimum atomic E-state index is 0.262. The molecule has 3 heteroatoms. The Labute approximate surface area is 105 Å². The molecular formula is C14H26N2O. The Hall–Kier alpha value is -0.120. The molecule has 0 aromatic rings. The third-order valence-corrected chi connectivity index (χ3v) is 5.22. The van der Waals surface area contributed by atoms with Gasteiger partial charge in [0.2, 0.25) is 0 Å². The molecule has 5 atom stereocenters. The van der Waals surface area contributed by atoms with Crippen LogP contribution in [0.1, 0.15) is 25.7 Å². The molecular weight excluding hydrogens is 212 g/mol. The summed E-state index contributed by atoms with van der Waals surface area (Å²) in [4.78, 5) is 2.50. The van der Waals surface area contributed by atoms with Crippen molar-refractivity contribution in [3.05, 3.63) is 0 Å². The number of nitrogens with zero attached hydrogens (tertiary/aromatic N) is 1. The van der Waals surface area contributed by atoms with E-state index in [9.17, 15) is 0 Å². The van der Waals surface area contributed by atoms with Crippen LogP contribution < -0.4 is 5.73 Å². The van der Waals surface area contributed by atoms with Gasteiger partial charge in [0, 0.05) is 25.0 Å². The van der Waals surface area contributed by atoms with E-state index >= 15 is 0 Å². The number of ether oxygens (including phenoxy) is 1. The van der Waals surface area contributed by atoms with Gasteiger partial charge in [-0.05, 0) is 44.1 Å². The quantitative estimate of drug-likeness (QED) is 0.803. The Morgan fingerprint density at radius 3 is 2.53 bits per heavy atom. The molecule has 1 saturated heterocycles. The van der Waals surface area contributed by atoms with Gasteiger partial charge in [-0.2, -0.15) is 0 Å². The maximum Gasteiger partial charge on any atom is 0.0621 e. The predicted octanol–water partition coefficient (Wildman–Crippen LogP) is 1.33. The fraction of sp³-hybridized carbons (Fsp3) is 1.00. The van der Waals surface area contributed by atoms with Crippen molar-refractivity contribution in [1.82, 2.24) is 4.90 Å². The number of nitrogens with two attached hydrogens (primary N) is 1. The average molecular weight is 238 g/mol. The Morgan fingerprint density at radius 2 is 1.94 bits per heavy atom. The van der Waals surface area contributed by atoms with Crippen molar-refractivity contribution in [1.29, 1.82) is 0 Å². The zero-order valence-corrected chi connectivity index (χ0v) is 11.0. The molecule has 0 spiro atoms. The summed E-state index contributed by atoms with van der Waals surface area (Å²) in [6, 6.07) is 0.262. The molecule has 17 heavy (non-hydrogen) atoms. The van der Waals surface area contributed by atoms with Gasteiger partial charge in [0.15, 0.2) is 0 Å². The third kappa shape index (κ3) is 2.51. The van der Waals surface area contributed by atoms with Crippen LogP contribution in [0, 0.1) is 23.7 Å². The van der Waals surface area contributed by atoms with E-state index in [4.69, 9.17) is 10.5 Å². The molecule has 0 aromatic heterocycles. The summed E-state index contributed by atoms with van der Waals surface area (Å²) in [6.07, 6.45) is 6.01. The maximum absolute atomic E-state index is 6.04. The molecule has 5 unspecified atom stereocenters. The van der Waals surface area contributed by atoms with Crippen LogP contribution in [-0.4, -0.2) is 44.3 Å². The number of rotatable bonds is 4. The molecule has 98 valence electrons. The van der Waals surface area contributed by atoms with Gasteiger partial charge in [-0.1, -0.05) is 6.42 Å². The van der Waals surface area contributed by atoms with Crippen LogP contribution in [0.3, 0.4) is 0 Å². The summed E-state index contributed by atoms with van der Waals surface area (Å²) in [5.41, 5.74) is 6.04. The van der Waals surface area contributed by atoms with Crippen molar-refractivity contribution in [3.63, 3.8) is 0 Å². The van der Waals surface area contributed by atoms with Crippen molar-refractivity contribution >= 4 is 0 Å². The van der Waals surface area contributed by atoms with E-state index < -0.39 is 0 Å². The Balaban J connectivity index is 1.45. The molecule has 2 N–H and O–H groups in total. The number of fused-ring (bicyclic) bond motifs is 2. The Morgan fingerprint density at radius 1 is 1.12 bits per heavy atom. The number of hydrogen-bond acceptors (Lipinski definition) is 3.